The summed E-state index contributed by atoms with van der Waals surface area (Å²) >= 11 is 1.55. The second-order valence-corrected chi connectivity index (χ2v) is 10.6. The van der Waals surface area contributed by atoms with Crippen LogP contribution in [0.3, 0.4) is 0 Å². The fraction of sp³-hybridized carbons (Fsp3) is 0.333. The van der Waals surface area contributed by atoms with E-state index in [1.165, 1.54) is 16.4 Å². The summed E-state index contributed by atoms with van der Waals surface area (Å²) in [6.07, 6.45) is 1.09. The van der Waals surface area contributed by atoms with E-state index in [-0.39, 0.29) is 10.8 Å². The van der Waals surface area contributed by atoms with Crippen LogP contribution in [0, 0.1) is 6.92 Å². The molecule has 0 saturated carbocycles. The summed E-state index contributed by atoms with van der Waals surface area (Å²) in [5, 5.41) is 3.83. The van der Waals surface area contributed by atoms with Crippen LogP contribution < -0.4 is 14.8 Å². The number of thiazole rings is 1. The molecule has 1 aromatic heterocycles. The number of aryl methyl sites for hydroxylation is 1. The fourth-order valence-electron chi connectivity index (χ4n) is 3.95. The van der Waals surface area contributed by atoms with Crippen molar-refractivity contribution in [3.05, 3.63) is 41.4 Å². The molecule has 5 rings (SSSR count). The van der Waals surface area contributed by atoms with Gasteiger partial charge in [0, 0.05) is 18.3 Å². The van der Waals surface area contributed by atoms with Crippen molar-refractivity contribution in [2.45, 2.75) is 30.7 Å². The average Bonchev–Trinajstić information content (AvgIpc) is 3.39. The molecule has 0 bridgehead atoms. The van der Waals surface area contributed by atoms with Crippen molar-refractivity contribution in [2.75, 3.05) is 25.1 Å². The molecule has 162 valence electrons. The van der Waals surface area contributed by atoms with Crippen molar-refractivity contribution in [2.24, 2.45) is 0 Å². The molecule has 2 aliphatic heterocycles. The first-order valence-corrected chi connectivity index (χ1v) is 12.3. The molecule has 1 saturated heterocycles. The van der Waals surface area contributed by atoms with Gasteiger partial charge in [-0.3, -0.25) is 4.79 Å². The van der Waals surface area contributed by atoms with E-state index in [0.29, 0.717) is 49.8 Å². The van der Waals surface area contributed by atoms with Crippen LogP contribution in [0.15, 0.2) is 41.3 Å². The van der Waals surface area contributed by atoms with Crippen molar-refractivity contribution >= 4 is 43.2 Å². The van der Waals surface area contributed by atoms with E-state index in [1.807, 2.05) is 19.1 Å². The number of nitrogens with zero attached hydrogens (tertiary/aromatic N) is 2. The van der Waals surface area contributed by atoms with E-state index < -0.39 is 16.1 Å². The lowest BCUT2D eigenvalue weighted by Gasteiger charge is -2.24. The average molecular weight is 460 g/mol. The van der Waals surface area contributed by atoms with Crippen LogP contribution >= 0.6 is 11.3 Å². The molecule has 3 aromatic rings. The minimum atomic E-state index is -3.86. The summed E-state index contributed by atoms with van der Waals surface area (Å²) in [4.78, 5) is 17.5. The normalized spacial score (nSPS) is 18.9. The first-order chi connectivity index (χ1) is 14.9. The first-order valence-electron chi connectivity index (χ1n) is 10.0. The number of carbonyl (C=O) groups is 1. The molecule has 1 fully saturated rings. The molecular formula is C21H21N3O5S2. The maximum Gasteiger partial charge on any atom is 0.243 e. The molecule has 3 heterocycles. The largest absolute Gasteiger partial charge is 0.486 e. The van der Waals surface area contributed by atoms with Gasteiger partial charge in [0.05, 0.1) is 20.1 Å². The molecule has 8 nitrogen and oxygen atoms in total. The van der Waals surface area contributed by atoms with Crippen LogP contribution in [0.1, 0.15) is 17.8 Å². The highest BCUT2D eigenvalue weighted by molar-refractivity contribution is 7.89. The lowest BCUT2D eigenvalue weighted by Crippen LogP contribution is -2.43. The Bertz CT molecular complexity index is 1270. The van der Waals surface area contributed by atoms with Crippen molar-refractivity contribution in [3.8, 4) is 11.5 Å². The topological polar surface area (TPSA) is 97.8 Å². The molecule has 1 atom stereocenters. The standard InChI is InChI=1S/C21H21N3O5S2/c1-13-22-16-6-4-14(11-20(16)30-13)23-21(25)17-3-2-8-24(17)31(26,27)15-5-7-18-19(12-15)29-10-9-28-18/h4-7,11-12,17H,2-3,8-10H2,1H3,(H,23,25)/t17-/m0/s1. The number of carbonyl (C=O) groups excluding carboxylic acids is 1. The number of hydrogen-bond acceptors (Lipinski definition) is 7. The third-order valence-electron chi connectivity index (χ3n) is 5.39. The third kappa shape index (κ3) is 3.75. The van der Waals surface area contributed by atoms with E-state index in [1.54, 1.807) is 23.5 Å². The third-order valence-corrected chi connectivity index (χ3v) is 8.23. The van der Waals surface area contributed by atoms with Crippen LogP contribution in [-0.4, -0.2) is 49.4 Å². The number of ether oxygens (including phenoxy) is 2. The molecule has 0 aliphatic carbocycles. The molecule has 31 heavy (non-hydrogen) atoms. The Kier molecular flexibility index (Phi) is 5.07. The van der Waals surface area contributed by atoms with Gasteiger partial charge in [-0.25, -0.2) is 13.4 Å². The van der Waals surface area contributed by atoms with Crippen molar-refractivity contribution in [1.29, 1.82) is 0 Å². The molecule has 0 radical (unpaired) electrons. The van der Waals surface area contributed by atoms with Gasteiger partial charge in [-0.2, -0.15) is 4.31 Å². The predicted octanol–water partition coefficient (Wildman–Crippen LogP) is 3.17. The van der Waals surface area contributed by atoms with Gasteiger partial charge < -0.3 is 14.8 Å². The van der Waals surface area contributed by atoms with Crippen molar-refractivity contribution < 1.29 is 22.7 Å². The van der Waals surface area contributed by atoms with E-state index in [4.69, 9.17) is 9.47 Å². The highest BCUT2D eigenvalue weighted by atomic mass is 32.2. The van der Waals surface area contributed by atoms with E-state index in [9.17, 15) is 13.2 Å². The number of nitrogens with one attached hydrogen (secondary N) is 1. The monoisotopic (exact) mass is 459 g/mol. The lowest BCUT2D eigenvalue weighted by atomic mass is 10.2. The van der Waals surface area contributed by atoms with Gasteiger partial charge in [-0.05, 0) is 50.1 Å². The van der Waals surface area contributed by atoms with Gasteiger partial charge >= 0.3 is 0 Å². The van der Waals surface area contributed by atoms with Crippen LogP contribution in [0.2, 0.25) is 0 Å². The zero-order chi connectivity index (χ0) is 21.6. The Labute approximate surface area is 183 Å². The Balaban J connectivity index is 1.38. The molecule has 10 heteroatoms. The number of anilines is 1. The lowest BCUT2D eigenvalue weighted by molar-refractivity contribution is -0.119. The van der Waals surface area contributed by atoms with E-state index in [2.05, 4.69) is 10.3 Å². The van der Waals surface area contributed by atoms with Crippen molar-refractivity contribution in [3.63, 3.8) is 0 Å². The summed E-state index contributed by atoms with van der Waals surface area (Å²) < 4.78 is 39.9. The first kappa shape index (κ1) is 20.2. The highest BCUT2D eigenvalue weighted by Crippen LogP contribution is 2.35. The molecule has 0 spiro atoms. The maximum absolute atomic E-state index is 13.3. The Morgan fingerprint density at radius 1 is 1.16 bits per heavy atom. The zero-order valence-corrected chi connectivity index (χ0v) is 18.5. The maximum atomic E-state index is 13.3. The predicted molar refractivity (Wildman–Crippen MR) is 117 cm³/mol. The zero-order valence-electron chi connectivity index (χ0n) is 16.8. The van der Waals surface area contributed by atoms with E-state index >= 15 is 0 Å². The minimum Gasteiger partial charge on any atom is -0.486 e. The highest BCUT2D eigenvalue weighted by Gasteiger charge is 2.40. The van der Waals surface area contributed by atoms with Gasteiger partial charge in [0.25, 0.3) is 0 Å². The Hall–Kier alpha value is -2.69. The summed E-state index contributed by atoms with van der Waals surface area (Å²) in [5.74, 6) is 0.592. The summed E-state index contributed by atoms with van der Waals surface area (Å²) in [6, 6.07) is 9.30. The number of fused-ring (bicyclic) bond motifs is 2. The summed E-state index contributed by atoms with van der Waals surface area (Å²) in [6.45, 7) is 3.03. The summed E-state index contributed by atoms with van der Waals surface area (Å²) in [5.41, 5.74) is 1.51. The van der Waals surface area contributed by atoms with Crippen LogP contribution in [0.4, 0.5) is 5.69 Å². The Morgan fingerprint density at radius 2 is 1.97 bits per heavy atom. The van der Waals surface area contributed by atoms with Gasteiger partial charge in [0.15, 0.2) is 11.5 Å². The van der Waals surface area contributed by atoms with Crippen molar-refractivity contribution in [1.82, 2.24) is 9.29 Å². The summed E-state index contributed by atoms with van der Waals surface area (Å²) in [7, 11) is -3.86. The Morgan fingerprint density at radius 3 is 2.81 bits per heavy atom. The number of sulfonamides is 1. The second-order valence-electron chi connectivity index (χ2n) is 7.48. The van der Waals surface area contributed by atoms with Crippen LogP contribution in [0.5, 0.6) is 11.5 Å². The van der Waals surface area contributed by atoms with Gasteiger partial charge in [-0.1, -0.05) is 0 Å². The van der Waals surface area contributed by atoms with E-state index in [0.717, 1.165) is 15.2 Å². The molecule has 2 aliphatic rings. The number of rotatable bonds is 4. The molecule has 1 N–H and O–H groups in total. The van der Waals surface area contributed by atoms with Gasteiger partial charge in [0.2, 0.25) is 15.9 Å². The minimum absolute atomic E-state index is 0.0954. The second kappa shape index (κ2) is 7.77. The SMILES string of the molecule is Cc1nc2ccc(NC(=O)[C@@H]3CCCN3S(=O)(=O)c3ccc4c(c3)OCCO4)cc2s1. The van der Waals surface area contributed by atoms with Crippen LogP contribution in [0.25, 0.3) is 10.2 Å². The smallest absolute Gasteiger partial charge is 0.243 e. The number of benzene rings is 2. The van der Waals surface area contributed by atoms with Gasteiger partial charge in [0.1, 0.15) is 19.3 Å². The number of amides is 1. The molecule has 0 unspecified atom stereocenters. The molecule has 2 aromatic carbocycles. The fourth-order valence-corrected chi connectivity index (χ4v) is 6.49. The number of hydrogen-bond donors (Lipinski definition) is 1. The molecule has 1 amide bonds. The van der Waals surface area contributed by atoms with Crippen LogP contribution in [-0.2, 0) is 14.8 Å². The number of aromatic nitrogens is 1. The van der Waals surface area contributed by atoms with Gasteiger partial charge in [-0.15, -0.1) is 11.3 Å². The quantitative estimate of drug-likeness (QED) is 0.644. The molecular weight excluding hydrogens is 438 g/mol.